The molecule has 0 bridgehead atoms. The van der Waals surface area contributed by atoms with E-state index in [1.165, 1.54) is 0 Å². The second kappa shape index (κ2) is 5.95. The number of anilines is 1. The van der Waals surface area contributed by atoms with Crippen LogP contribution in [0.3, 0.4) is 0 Å². The molecule has 4 N–H and O–H groups in total. The molecule has 0 amide bonds. The van der Waals surface area contributed by atoms with Crippen LogP contribution in [-0.2, 0) is 0 Å². The van der Waals surface area contributed by atoms with Crippen molar-refractivity contribution in [3.8, 4) is 5.75 Å². The van der Waals surface area contributed by atoms with Crippen molar-refractivity contribution in [2.75, 3.05) is 5.32 Å². The molecular weight excluding hydrogens is 298 g/mol. The average Bonchev–Trinajstić information content (AvgIpc) is 2.53. The predicted octanol–water partition coefficient (Wildman–Crippen LogP) is 3.96. The first-order valence-electron chi connectivity index (χ1n) is 6.70. The Morgan fingerprint density at radius 3 is 2.64 bits per heavy atom. The smallest absolute Gasteiger partial charge is 0.115 e. The van der Waals surface area contributed by atoms with E-state index in [1.807, 2.05) is 24.3 Å². The maximum atomic E-state index is 9.24. The molecule has 0 saturated carbocycles. The van der Waals surface area contributed by atoms with Gasteiger partial charge in [-0.3, -0.25) is 0 Å². The van der Waals surface area contributed by atoms with Crippen molar-refractivity contribution >= 4 is 33.9 Å². The van der Waals surface area contributed by atoms with Gasteiger partial charge >= 0.3 is 0 Å². The van der Waals surface area contributed by atoms with Crippen molar-refractivity contribution in [1.82, 2.24) is 4.98 Å². The third-order valence-electron chi connectivity index (χ3n) is 3.21. The number of fused-ring (bicyclic) bond motifs is 1. The van der Waals surface area contributed by atoms with Crippen molar-refractivity contribution in [1.29, 1.82) is 0 Å². The second-order valence-corrected chi connectivity index (χ2v) is 5.26. The molecule has 110 valence electrons. The zero-order valence-corrected chi connectivity index (χ0v) is 12.4. The molecule has 0 atom stereocenters. The van der Waals surface area contributed by atoms with E-state index in [0.717, 1.165) is 16.6 Å². The van der Waals surface area contributed by atoms with Crippen LogP contribution in [0.2, 0.25) is 5.02 Å². The number of nitrogens with zero attached hydrogens (tertiary/aromatic N) is 1. The number of nitrogens with two attached hydrogens (primary N) is 1. The number of rotatable bonds is 3. The lowest BCUT2D eigenvalue weighted by atomic mass is 10.2. The fourth-order valence-electron chi connectivity index (χ4n) is 2.05. The van der Waals surface area contributed by atoms with Crippen LogP contribution in [0.4, 0.5) is 5.69 Å². The van der Waals surface area contributed by atoms with E-state index in [4.69, 9.17) is 17.3 Å². The Morgan fingerprint density at radius 1 is 1.09 bits per heavy atom. The van der Waals surface area contributed by atoms with E-state index in [9.17, 15) is 5.11 Å². The Labute approximate surface area is 132 Å². The molecule has 4 nitrogen and oxygen atoms in total. The van der Waals surface area contributed by atoms with Crippen LogP contribution in [0.25, 0.3) is 16.6 Å². The SMILES string of the molecule is N/C(=C\Nc1ccc(O)cc1)c1ccc2cc(Cl)ccc2n1. The summed E-state index contributed by atoms with van der Waals surface area (Å²) in [6, 6.07) is 16.0. The summed E-state index contributed by atoms with van der Waals surface area (Å²) in [4.78, 5) is 4.51. The van der Waals surface area contributed by atoms with E-state index in [0.29, 0.717) is 16.4 Å². The molecule has 1 heterocycles. The van der Waals surface area contributed by atoms with Crippen molar-refractivity contribution in [2.45, 2.75) is 0 Å². The largest absolute Gasteiger partial charge is 0.508 e. The Morgan fingerprint density at radius 2 is 1.86 bits per heavy atom. The lowest BCUT2D eigenvalue weighted by Gasteiger charge is -2.06. The van der Waals surface area contributed by atoms with Crippen molar-refractivity contribution in [2.24, 2.45) is 5.73 Å². The monoisotopic (exact) mass is 311 g/mol. The van der Waals surface area contributed by atoms with Crippen LogP contribution >= 0.6 is 11.6 Å². The third-order valence-corrected chi connectivity index (χ3v) is 3.44. The maximum Gasteiger partial charge on any atom is 0.115 e. The topological polar surface area (TPSA) is 71.2 Å². The minimum atomic E-state index is 0.220. The van der Waals surface area contributed by atoms with Crippen LogP contribution in [0.15, 0.2) is 60.8 Å². The van der Waals surface area contributed by atoms with Gasteiger partial charge in [-0.05, 0) is 48.5 Å². The number of phenolic OH excluding ortho intramolecular Hbond substituents is 1. The Hall–Kier alpha value is -2.72. The molecule has 22 heavy (non-hydrogen) atoms. The summed E-state index contributed by atoms with van der Waals surface area (Å²) >= 11 is 5.96. The minimum Gasteiger partial charge on any atom is -0.508 e. The summed E-state index contributed by atoms with van der Waals surface area (Å²) in [5.41, 5.74) is 8.92. The standard InChI is InChI=1S/C17H14ClN3O/c18-12-2-8-16-11(9-12)1-7-17(21-16)15(19)10-20-13-3-5-14(22)6-4-13/h1-10,20,22H,19H2/b15-10-. The predicted molar refractivity (Wildman–Crippen MR) is 90.6 cm³/mol. The Bertz CT molecular complexity index is 844. The van der Waals surface area contributed by atoms with Crippen molar-refractivity contribution in [3.63, 3.8) is 0 Å². The summed E-state index contributed by atoms with van der Waals surface area (Å²) in [5.74, 6) is 0.220. The zero-order valence-electron chi connectivity index (χ0n) is 11.6. The first kappa shape index (κ1) is 14.2. The van der Waals surface area contributed by atoms with E-state index in [2.05, 4.69) is 10.3 Å². The average molecular weight is 312 g/mol. The Balaban J connectivity index is 1.84. The summed E-state index contributed by atoms with van der Waals surface area (Å²) in [5, 5.41) is 14.0. The van der Waals surface area contributed by atoms with Gasteiger partial charge in [0.1, 0.15) is 5.75 Å². The highest BCUT2D eigenvalue weighted by molar-refractivity contribution is 6.31. The summed E-state index contributed by atoms with van der Waals surface area (Å²) in [7, 11) is 0. The first-order chi connectivity index (χ1) is 10.6. The second-order valence-electron chi connectivity index (χ2n) is 4.82. The molecule has 0 aliphatic heterocycles. The third kappa shape index (κ3) is 3.13. The molecular formula is C17H14ClN3O. The number of nitrogens with one attached hydrogen (secondary N) is 1. The molecule has 0 aliphatic rings. The van der Waals surface area contributed by atoms with E-state index >= 15 is 0 Å². The van der Waals surface area contributed by atoms with Gasteiger partial charge < -0.3 is 16.2 Å². The maximum absolute atomic E-state index is 9.24. The molecule has 0 fully saturated rings. The molecule has 3 rings (SSSR count). The van der Waals surface area contributed by atoms with E-state index < -0.39 is 0 Å². The van der Waals surface area contributed by atoms with Gasteiger partial charge in [0, 0.05) is 22.3 Å². The summed E-state index contributed by atoms with van der Waals surface area (Å²) < 4.78 is 0. The zero-order chi connectivity index (χ0) is 15.5. The van der Waals surface area contributed by atoms with Gasteiger partial charge in [-0.25, -0.2) is 4.98 Å². The molecule has 0 radical (unpaired) electrons. The quantitative estimate of drug-likeness (QED) is 0.640. The van der Waals surface area contributed by atoms with Gasteiger partial charge in [0.25, 0.3) is 0 Å². The number of aromatic hydroxyl groups is 1. The van der Waals surface area contributed by atoms with Crippen LogP contribution in [0, 0.1) is 0 Å². The van der Waals surface area contributed by atoms with Crippen LogP contribution in [0.1, 0.15) is 5.69 Å². The highest BCUT2D eigenvalue weighted by Gasteiger charge is 2.02. The molecule has 0 spiro atoms. The van der Waals surface area contributed by atoms with Crippen molar-refractivity contribution < 1.29 is 5.11 Å². The molecule has 0 saturated heterocycles. The number of halogens is 1. The lowest BCUT2D eigenvalue weighted by Crippen LogP contribution is -2.02. The van der Waals surface area contributed by atoms with Gasteiger partial charge in [0.2, 0.25) is 0 Å². The van der Waals surface area contributed by atoms with Gasteiger partial charge in [-0.15, -0.1) is 0 Å². The minimum absolute atomic E-state index is 0.220. The Kier molecular flexibility index (Phi) is 3.85. The van der Waals surface area contributed by atoms with Crippen LogP contribution in [-0.4, -0.2) is 10.1 Å². The fourth-order valence-corrected chi connectivity index (χ4v) is 2.23. The normalized spacial score (nSPS) is 11.6. The molecule has 0 unspecified atom stereocenters. The van der Waals surface area contributed by atoms with Gasteiger partial charge in [0.05, 0.1) is 16.9 Å². The highest BCUT2D eigenvalue weighted by atomic mass is 35.5. The molecule has 0 aliphatic carbocycles. The number of phenols is 1. The summed E-state index contributed by atoms with van der Waals surface area (Å²) in [6.45, 7) is 0. The van der Waals surface area contributed by atoms with Gasteiger partial charge in [-0.1, -0.05) is 17.7 Å². The van der Waals surface area contributed by atoms with Gasteiger partial charge in [0.15, 0.2) is 0 Å². The van der Waals surface area contributed by atoms with Gasteiger partial charge in [-0.2, -0.15) is 0 Å². The number of hydrogen-bond acceptors (Lipinski definition) is 4. The number of benzene rings is 2. The van der Waals surface area contributed by atoms with Crippen molar-refractivity contribution in [3.05, 3.63) is 71.5 Å². The number of pyridine rings is 1. The number of aromatic nitrogens is 1. The number of hydrogen-bond donors (Lipinski definition) is 3. The summed E-state index contributed by atoms with van der Waals surface area (Å²) in [6.07, 6.45) is 1.68. The molecule has 1 aromatic heterocycles. The van der Waals surface area contributed by atoms with Crippen LogP contribution < -0.4 is 11.1 Å². The molecule has 5 heteroatoms. The van der Waals surface area contributed by atoms with Crippen LogP contribution in [0.5, 0.6) is 5.75 Å². The molecule has 3 aromatic rings. The lowest BCUT2D eigenvalue weighted by molar-refractivity contribution is 0.475. The first-order valence-corrected chi connectivity index (χ1v) is 7.07. The van der Waals surface area contributed by atoms with E-state index in [1.54, 1.807) is 36.5 Å². The highest BCUT2D eigenvalue weighted by Crippen LogP contribution is 2.20. The molecule has 2 aromatic carbocycles. The van der Waals surface area contributed by atoms with E-state index in [-0.39, 0.29) is 5.75 Å². The fraction of sp³-hybridized carbons (Fsp3) is 0.